The Kier molecular flexibility index (Phi) is 9.62. The van der Waals surface area contributed by atoms with E-state index in [0.29, 0.717) is 38.5 Å². The smallest absolute Gasteiger partial charge is 0.0897 e. The number of hydrogen-bond donors (Lipinski definition) is 3. The van der Waals surface area contributed by atoms with Crippen LogP contribution in [0.2, 0.25) is 0 Å². The molecule has 0 fully saturated rings. The van der Waals surface area contributed by atoms with Gasteiger partial charge in [0, 0.05) is 13.1 Å². The fraction of sp³-hybridized carbons (Fsp3) is 1.00. The van der Waals surface area contributed by atoms with Crippen LogP contribution >= 0.6 is 0 Å². The Bertz CT molecular complexity index is 217. The van der Waals surface area contributed by atoms with Crippen LogP contribution in [-0.2, 0) is 4.74 Å². The van der Waals surface area contributed by atoms with E-state index in [4.69, 9.17) is 4.74 Å². The fourth-order valence-electron chi connectivity index (χ4n) is 2.04. The maximum Gasteiger partial charge on any atom is 0.0897 e. The Hall–Kier alpha value is -0.160. The highest BCUT2D eigenvalue weighted by molar-refractivity contribution is 4.78. The number of hydrogen-bond acceptors (Lipinski definition) is 4. The van der Waals surface area contributed by atoms with Crippen molar-refractivity contribution in [3.05, 3.63) is 0 Å². The van der Waals surface area contributed by atoms with Crippen LogP contribution < -0.4 is 5.32 Å². The normalized spacial score (nSPS) is 15.8. The maximum atomic E-state index is 10.1. The summed E-state index contributed by atoms with van der Waals surface area (Å²) in [6, 6.07) is 0. The molecule has 0 saturated heterocycles. The molecule has 116 valence electrons. The SMILES string of the molecule is CCC(O)(CC)CNCC(O)COC(C)CC(C)C. The summed E-state index contributed by atoms with van der Waals surface area (Å²) in [6.45, 7) is 11.6. The van der Waals surface area contributed by atoms with Gasteiger partial charge in [-0.1, -0.05) is 27.7 Å². The van der Waals surface area contributed by atoms with Gasteiger partial charge in [-0.15, -0.1) is 0 Å². The van der Waals surface area contributed by atoms with Gasteiger partial charge in [-0.05, 0) is 32.1 Å². The zero-order valence-corrected chi connectivity index (χ0v) is 13.3. The summed E-state index contributed by atoms with van der Waals surface area (Å²) in [4.78, 5) is 0. The van der Waals surface area contributed by atoms with Gasteiger partial charge in [0.05, 0.1) is 24.4 Å². The Labute approximate surface area is 118 Å². The fourth-order valence-corrected chi connectivity index (χ4v) is 2.04. The van der Waals surface area contributed by atoms with Crippen molar-refractivity contribution in [2.75, 3.05) is 19.7 Å². The van der Waals surface area contributed by atoms with Crippen molar-refractivity contribution in [2.24, 2.45) is 5.92 Å². The summed E-state index contributed by atoms with van der Waals surface area (Å²) in [5.74, 6) is 0.606. The van der Waals surface area contributed by atoms with E-state index >= 15 is 0 Å². The first-order chi connectivity index (χ1) is 8.83. The average molecular weight is 275 g/mol. The second kappa shape index (κ2) is 9.70. The van der Waals surface area contributed by atoms with E-state index in [0.717, 1.165) is 6.42 Å². The minimum absolute atomic E-state index is 0.179. The first kappa shape index (κ1) is 18.8. The molecule has 0 heterocycles. The summed E-state index contributed by atoms with van der Waals surface area (Å²) in [5.41, 5.74) is -0.661. The third-order valence-corrected chi connectivity index (χ3v) is 3.53. The van der Waals surface area contributed by atoms with Crippen molar-refractivity contribution >= 4 is 0 Å². The number of nitrogens with one attached hydrogen (secondary N) is 1. The molecule has 0 spiro atoms. The number of aliphatic hydroxyl groups excluding tert-OH is 1. The molecule has 0 saturated carbocycles. The standard InChI is InChI=1S/C15H33NO3/c1-6-15(18,7-2)11-16-9-14(17)10-19-13(5)8-12(3)4/h12-14,16-18H,6-11H2,1-5H3. The molecule has 4 heteroatoms. The predicted octanol–water partition coefficient (Wildman–Crippen LogP) is 1.94. The number of aliphatic hydroxyl groups is 2. The van der Waals surface area contributed by atoms with Gasteiger partial charge in [0.1, 0.15) is 0 Å². The van der Waals surface area contributed by atoms with Crippen LogP contribution in [0, 0.1) is 5.92 Å². The van der Waals surface area contributed by atoms with Crippen LogP contribution in [-0.4, -0.2) is 47.7 Å². The highest BCUT2D eigenvalue weighted by Crippen LogP contribution is 2.12. The number of ether oxygens (including phenoxy) is 1. The first-order valence-corrected chi connectivity index (χ1v) is 7.55. The van der Waals surface area contributed by atoms with Crippen LogP contribution in [0.1, 0.15) is 53.9 Å². The molecule has 0 aromatic rings. The lowest BCUT2D eigenvalue weighted by molar-refractivity contribution is -0.0132. The van der Waals surface area contributed by atoms with E-state index in [1.807, 2.05) is 20.8 Å². The van der Waals surface area contributed by atoms with Gasteiger partial charge in [0.15, 0.2) is 0 Å². The van der Waals surface area contributed by atoms with Gasteiger partial charge >= 0.3 is 0 Å². The molecule has 0 amide bonds. The third-order valence-electron chi connectivity index (χ3n) is 3.53. The Morgan fingerprint density at radius 1 is 1.16 bits per heavy atom. The second-order valence-electron chi connectivity index (χ2n) is 5.99. The molecule has 0 rings (SSSR count). The van der Waals surface area contributed by atoms with Crippen molar-refractivity contribution in [1.82, 2.24) is 5.32 Å². The summed E-state index contributed by atoms with van der Waals surface area (Å²) in [6.07, 6.45) is 2.10. The van der Waals surface area contributed by atoms with Gasteiger partial charge in [0.2, 0.25) is 0 Å². The molecule has 0 aliphatic carbocycles. The highest BCUT2D eigenvalue weighted by atomic mass is 16.5. The minimum Gasteiger partial charge on any atom is -0.389 e. The molecule has 0 aromatic heterocycles. The largest absolute Gasteiger partial charge is 0.389 e. The van der Waals surface area contributed by atoms with Gasteiger partial charge in [-0.2, -0.15) is 0 Å². The molecular weight excluding hydrogens is 242 g/mol. The topological polar surface area (TPSA) is 61.7 Å². The average Bonchev–Trinajstić information content (AvgIpc) is 2.35. The van der Waals surface area contributed by atoms with Crippen LogP contribution in [0.5, 0.6) is 0 Å². The van der Waals surface area contributed by atoms with E-state index in [9.17, 15) is 10.2 Å². The molecule has 3 N–H and O–H groups in total. The summed E-state index contributed by atoms with van der Waals surface area (Å²) in [5, 5.41) is 23.0. The second-order valence-corrected chi connectivity index (χ2v) is 5.99. The molecule has 19 heavy (non-hydrogen) atoms. The van der Waals surface area contributed by atoms with Crippen LogP contribution in [0.4, 0.5) is 0 Å². The quantitative estimate of drug-likeness (QED) is 0.539. The first-order valence-electron chi connectivity index (χ1n) is 7.55. The van der Waals surface area contributed by atoms with Crippen molar-refractivity contribution in [1.29, 1.82) is 0 Å². The predicted molar refractivity (Wildman–Crippen MR) is 79.3 cm³/mol. The zero-order valence-electron chi connectivity index (χ0n) is 13.3. The molecule has 0 radical (unpaired) electrons. The number of rotatable bonds is 11. The lowest BCUT2D eigenvalue weighted by atomic mass is 9.97. The van der Waals surface area contributed by atoms with Crippen LogP contribution in [0.25, 0.3) is 0 Å². The zero-order chi connectivity index (χ0) is 14.9. The van der Waals surface area contributed by atoms with Crippen molar-refractivity contribution in [3.8, 4) is 0 Å². The lowest BCUT2D eigenvalue weighted by Crippen LogP contribution is -2.43. The molecule has 2 atom stereocenters. The Morgan fingerprint density at radius 2 is 1.74 bits per heavy atom. The molecule has 0 bridgehead atoms. The van der Waals surface area contributed by atoms with E-state index < -0.39 is 11.7 Å². The van der Waals surface area contributed by atoms with Crippen molar-refractivity contribution in [2.45, 2.75) is 71.7 Å². The van der Waals surface area contributed by atoms with E-state index in [1.165, 1.54) is 0 Å². The van der Waals surface area contributed by atoms with Gasteiger partial charge in [-0.3, -0.25) is 0 Å². The Morgan fingerprint density at radius 3 is 2.21 bits per heavy atom. The minimum atomic E-state index is -0.661. The Balaban J connectivity index is 3.73. The van der Waals surface area contributed by atoms with Crippen molar-refractivity contribution < 1.29 is 14.9 Å². The van der Waals surface area contributed by atoms with Gasteiger partial charge in [-0.25, -0.2) is 0 Å². The maximum absolute atomic E-state index is 10.1. The molecule has 4 nitrogen and oxygen atoms in total. The lowest BCUT2D eigenvalue weighted by Gasteiger charge is -2.26. The van der Waals surface area contributed by atoms with E-state index in [-0.39, 0.29) is 6.10 Å². The summed E-state index contributed by atoms with van der Waals surface area (Å²) >= 11 is 0. The van der Waals surface area contributed by atoms with Gasteiger partial charge < -0.3 is 20.3 Å². The molecular formula is C15H33NO3. The van der Waals surface area contributed by atoms with Crippen molar-refractivity contribution in [3.63, 3.8) is 0 Å². The molecule has 0 aliphatic rings. The van der Waals surface area contributed by atoms with Crippen LogP contribution in [0.15, 0.2) is 0 Å². The highest BCUT2D eigenvalue weighted by Gasteiger charge is 2.21. The molecule has 0 aromatic carbocycles. The van der Waals surface area contributed by atoms with E-state index in [1.54, 1.807) is 0 Å². The summed E-state index contributed by atoms with van der Waals surface area (Å²) < 4.78 is 5.60. The monoisotopic (exact) mass is 275 g/mol. The summed E-state index contributed by atoms with van der Waals surface area (Å²) in [7, 11) is 0. The van der Waals surface area contributed by atoms with Crippen LogP contribution in [0.3, 0.4) is 0 Å². The van der Waals surface area contributed by atoms with E-state index in [2.05, 4.69) is 19.2 Å². The third kappa shape index (κ3) is 9.38. The molecule has 2 unspecified atom stereocenters. The van der Waals surface area contributed by atoms with Gasteiger partial charge in [0.25, 0.3) is 0 Å². The molecule has 0 aliphatic heterocycles.